The third-order valence-corrected chi connectivity index (χ3v) is 11.1. The number of esters is 1. The van der Waals surface area contributed by atoms with E-state index in [4.69, 9.17) is 28.9 Å². The van der Waals surface area contributed by atoms with E-state index >= 15 is 0 Å². The van der Waals surface area contributed by atoms with E-state index in [0.29, 0.717) is 48.3 Å². The Kier molecular flexibility index (Phi) is 13.4. The van der Waals surface area contributed by atoms with Crippen LogP contribution in [0.25, 0.3) is 11.2 Å². The molecule has 1 aliphatic carbocycles. The zero-order valence-corrected chi connectivity index (χ0v) is 34.9. The summed E-state index contributed by atoms with van der Waals surface area (Å²) in [4.78, 5) is 54.2. The number of urea groups is 1. The van der Waals surface area contributed by atoms with Crippen LogP contribution in [0, 0.1) is 0 Å². The van der Waals surface area contributed by atoms with Crippen molar-refractivity contribution in [2.24, 2.45) is 0 Å². The van der Waals surface area contributed by atoms with Crippen molar-refractivity contribution in [3.05, 3.63) is 90.3 Å². The average molecular weight is 876 g/mol. The van der Waals surface area contributed by atoms with Crippen molar-refractivity contribution in [3.63, 3.8) is 0 Å². The van der Waals surface area contributed by atoms with Crippen molar-refractivity contribution in [2.75, 3.05) is 56.5 Å². The Labute approximate surface area is 360 Å². The summed E-state index contributed by atoms with van der Waals surface area (Å²) in [6, 6.07) is 19.9. The number of imidazole rings is 1. The third-order valence-electron chi connectivity index (χ3n) is 11.1. The van der Waals surface area contributed by atoms with Gasteiger partial charge in [-0.1, -0.05) is 67.6 Å². The molecule has 5 aromatic rings. The summed E-state index contributed by atoms with van der Waals surface area (Å²) in [5.41, 5.74) is 2.88. The van der Waals surface area contributed by atoms with Gasteiger partial charge in [0.25, 0.3) is 0 Å². The Morgan fingerprint density at radius 1 is 0.921 bits per heavy atom. The largest absolute Gasteiger partial charge is 0.493 e. The number of aliphatic hydroxyl groups is 1. The first-order valence-electron chi connectivity index (χ1n) is 20.3. The van der Waals surface area contributed by atoms with Crippen molar-refractivity contribution in [1.82, 2.24) is 30.2 Å². The minimum atomic E-state index is -5.35. The summed E-state index contributed by atoms with van der Waals surface area (Å²) < 4.78 is 63.3. The number of methoxy groups -OCH3 is 3. The van der Waals surface area contributed by atoms with Crippen LogP contribution >= 0.6 is 0 Å². The van der Waals surface area contributed by atoms with Crippen LogP contribution in [0.2, 0.25) is 0 Å². The number of hydrogen-bond donors (Lipinski definition) is 5. The second-order valence-corrected chi connectivity index (χ2v) is 15.1. The molecule has 17 nitrogen and oxygen atoms in total. The molecule has 3 amide bonds. The Morgan fingerprint density at radius 3 is 2.16 bits per heavy atom. The molecule has 0 unspecified atom stereocenters. The number of carbonyl (C=O) groups excluding carboxylic acids is 3. The lowest BCUT2D eigenvalue weighted by Crippen LogP contribution is -2.45. The lowest BCUT2D eigenvalue weighted by molar-refractivity contribution is -0.209. The van der Waals surface area contributed by atoms with Crippen LogP contribution in [-0.2, 0) is 14.3 Å². The maximum absolute atomic E-state index is 13.6. The summed E-state index contributed by atoms with van der Waals surface area (Å²) in [6.45, 7) is 2.62. The zero-order valence-electron chi connectivity index (χ0n) is 34.9. The third kappa shape index (κ3) is 9.80. The van der Waals surface area contributed by atoms with Gasteiger partial charge in [-0.15, -0.1) is 0 Å². The van der Waals surface area contributed by atoms with Crippen molar-refractivity contribution in [2.45, 2.75) is 68.6 Å². The molecule has 2 aliphatic rings. The summed E-state index contributed by atoms with van der Waals surface area (Å²) in [5, 5.41) is 23.1. The molecule has 3 heterocycles. The molecule has 0 spiro atoms. The summed E-state index contributed by atoms with van der Waals surface area (Å²) in [7, 11) is 4.41. The van der Waals surface area contributed by atoms with E-state index in [1.807, 2.05) is 65.6 Å². The van der Waals surface area contributed by atoms with Crippen LogP contribution in [0.1, 0.15) is 49.3 Å². The highest BCUT2D eigenvalue weighted by molar-refractivity contribution is 5.90. The lowest BCUT2D eigenvalue weighted by atomic mass is 9.91. The van der Waals surface area contributed by atoms with E-state index < -0.39 is 48.4 Å². The number of benzene rings is 3. The standard InChI is InChI=1S/C43H48F3N9O8/c1-5-33(56)51-29-20-30(36(35(29)57)63-40(58)43(44,45)46)55-23-48-34-38(47-21-28(24-12-8-6-9-13-24)25-14-10-7-11-15-25)52-41(53-39(34)55)54-17-16-26(22-54)49-42(59)50-27-18-31(60-2)37(62-4)32(19-27)61-3/h6-15,18-19,23,26,28-30,35-36,57H,5,16-17,20-22H2,1-4H3,(H,51,56)(H,47,52,53)(H2,49,50,59)/t26-,29+,30-,35-,36+/m1/s1. The molecule has 3 aromatic carbocycles. The fraction of sp³-hybridized carbons (Fsp3) is 0.395. The number of nitrogens with zero attached hydrogens (tertiary/aromatic N) is 5. The van der Waals surface area contributed by atoms with Gasteiger partial charge in [0.1, 0.15) is 6.10 Å². The molecule has 5 atom stereocenters. The molecule has 5 N–H and O–H groups in total. The number of carbonyl (C=O) groups is 3. The number of anilines is 3. The van der Waals surface area contributed by atoms with E-state index in [1.54, 1.807) is 19.1 Å². The van der Waals surface area contributed by atoms with Gasteiger partial charge in [-0.05, 0) is 24.0 Å². The highest BCUT2D eigenvalue weighted by Crippen LogP contribution is 2.41. The van der Waals surface area contributed by atoms with Crippen LogP contribution in [-0.4, -0.2) is 114 Å². The summed E-state index contributed by atoms with van der Waals surface area (Å²) >= 11 is 0. The van der Waals surface area contributed by atoms with Gasteiger partial charge in [-0.3, -0.25) is 4.79 Å². The van der Waals surface area contributed by atoms with Crippen LogP contribution < -0.4 is 40.4 Å². The van der Waals surface area contributed by atoms with E-state index in [9.17, 15) is 32.7 Å². The van der Waals surface area contributed by atoms with Gasteiger partial charge in [0.2, 0.25) is 17.6 Å². The molecule has 334 valence electrons. The molecule has 1 saturated heterocycles. The number of ether oxygens (including phenoxy) is 4. The minimum Gasteiger partial charge on any atom is -0.493 e. The molecule has 63 heavy (non-hydrogen) atoms. The smallest absolute Gasteiger partial charge is 0.490 e. The molecule has 7 rings (SSSR count). The number of amides is 3. The Balaban J connectivity index is 1.21. The Hall–Kier alpha value is -6.83. The number of nitrogens with one attached hydrogen (secondary N) is 4. The SMILES string of the molecule is CCC(=O)N[C@H]1C[C@@H](n2cnc3c(NCC(c4ccccc4)c4ccccc4)nc(N4CC[C@@H](NC(=O)Nc5cc(OC)c(OC)c(OC)c5)C4)nc32)[C@H](OC(=O)C(F)(F)F)[C@@H]1O. The second kappa shape index (κ2) is 19.1. The Bertz CT molecular complexity index is 2340. The maximum atomic E-state index is 13.6. The van der Waals surface area contributed by atoms with E-state index in [0.717, 1.165) is 11.1 Å². The quantitative estimate of drug-likeness (QED) is 0.0864. The van der Waals surface area contributed by atoms with Gasteiger partial charge >= 0.3 is 18.2 Å². The Morgan fingerprint density at radius 2 is 1.57 bits per heavy atom. The highest BCUT2D eigenvalue weighted by Gasteiger charge is 2.51. The number of rotatable bonds is 15. The van der Waals surface area contributed by atoms with Gasteiger partial charge in [-0.25, -0.2) is 14.6 Å². The molecular formula is C43H48F3N9O8. The summed E-state index contributed by atoms with van der Waals surface area (Å²) in [5.74, 6) is -1.49. The average Bonchev–Trinajstić information content (AvgIpc) is 4.01. The van der Waals surface area contributed by atoms with Crippen molar-refractivity contribution < 1.29 is 51.6 Å². The second-order valence-electron chi connectivity index (χ2n) is 15.1. The molecule has 2 aromatic heterocycles. The first-order valence-corrected chi connectivity index (χ1v) is 20.3. The fourth-order valence-corrected chi connectivity index (χ4v) is 8.03. The van der Waals surface area contributed by atoms with Gasteiger partial charge < -0.3 is 54.8 Å². The topological polar surface area (TPSA) is 203 Å². The lowest BCUT2D eigenvalue weighted by Gasteiger charge is -2.25. The number of fused-ring (bicyclic) bond motifs is 1. The van der Waals surface area contributed by atoms with Crippen LogP contribution in [0.15, 0.2) is 79.1 Å². The fourth-order valence-electron chi connectivity index (χ4n) is 8.03. The first-order chi connectivity index (χ1) is 30.3. The van der Waals surface area contributed by atoms with Crippen LogP contribution in [0.4, 0.5) is 35.4 Å². The number of hydrogen-bond acceptors (Lipinski definition) is 13. The zero-order chi connectivity index (χ0) is 44.8. The normalized spacial score (nSPS) is 19.8. The minimum absolute atomic E-state index is 0.0474. The van der Waals surface area contributed by atoms with Crippen molar-refractivity contribution in [3.8, 4) is 17.2 Å². The van der Waals surface area contributed by atoms with E-state index in [1.165, 1.54) is 32.2 Å². The van der Waals surface area contributed by atoms with E-state index in [2.05, 4.69) is 26.3 Å². The number of halogens is 3. The van der Waals surface area contributed by atoms with Crippen LogP contribution in [0.3, 0.4) is 0 Å². The highest BCUT2D eigenvalue weighted by atomic mass is 19.4. The monoisotopic (exact) mass is 875 g/mol. The van der Waals surface area contributed by atoms with Gasteiger partial charge in [0, 0.05) is 50.1 Å². The predicted molar refractivity (Wildman–Crippen MR) is 225 cm³/mol. The molecule has 2 fully saturated rings. The summed E-state index contributed by atoms with van der Waals surface area (Å²) in [6.07, 6.45) is -7.00. The van der Waals surface area contributed by atoms with Crippen molar-refractivity contribution in [1.29, 1.82) is 0 Å². The van der Waals surface area contributed by atoms with Gasteiger partial charge in [0.15, 0.2) is 34.6 Å². The maximum Gasteiger partial charge on any atom is 0.490 e. The van der Waals surface area contributed by atoms with Gasteiger partial charge in [-0.2, -0.15) is 23.1 Å². The van der Waals surface area contributed by atoms with E-state index in [-0.39, 0.29) is 48.5 Å². The number of alkyl halides is 3. The molecule has 0 radical (unpaired) electrons. The van der Waals surface area contributed by atoms with Gasteiger partial charge in [0.05, 0.1) is 45.4 Å². The first kappa shape index (κ1) is 44.2. The van der Waals surface area contributed by atoms with Crippen LogP contribution in [0.5, 0.6) is 17.2 Å². The number of aliphatic hydroxyl groups excluding tert-OH is 1. The molecule has 0 bridgehead atoms. The molecule has 1 aliphatic heterocycles. The molecular weight excluding hydrogens is 828 g/mol. The predicted octanol–water partition coefficient (Wildman–Crippen LogP) is 5.17. The number of aromatic nitrogens is 4. The molecule has 1 saturated carbocycles. The van der Waals surface area contributed by atoms with Crippen molar-refractivity contribution >= 4 is 46.5 Å². The molecule has 20 heteroatoms.